The SMILES string of the molecule is CC(C)(C)NS(=O)(=O)c1cccc(NC(=O)CCCN)c1. The molecule has 1 aromatic rings. The zero-order valence-corrected chi connectivity index (χ0v) is 13.5. The van der Waals surface area contributed by atoms with Crippen molar-refractivity contribution in [2.45, 2.75) is 44.0 Å². The van der Waals surface area contributed by atoms with Crippen molar-refractivity contribution < 1.29 is 13.2 Å². The van der Waals surface area contributed by atoms with Crippen LogP contribution in [0.2, 0.25) is 0 Å². The van der Waals surface area contributed by atoms with Gasteiger partial charge in [-0.25, -0.2) is 13.1 Å². The van der Waals surface area contributed by atoms with Gasteiger partial charge in [-0.3, -0.25) is 4.79 Å². The number of nitrogens with two attached hydrogens (primary N) is 1. The Bertz CT molecular complexity index is 592. The van der Waals surface area contributed by atoms with Gasteiger partial charge in [0.25, 0.3) is 0 Å². The first-order valence-corrected chi connectivity index (χ1v) is 8.26. The zero-order valence-electron chi connectivity index (χ0n) is 12.6. The lowest BCUT2D eigenvalue weighted by atomic mass is 10.1. The molecule has 0 saturated carbocycles. The number of carbonyl (C=O) groups is 1. The van der Waals surface area contributed by atoms with E-state index in [4.69, 9.17) is 5.73 Å². The van der Waals surface area contributed by atoms with Crippen molar-refractivity contribution in [2.75, 3.05) is 11.9 Å². The second-order valence-corrected chi connectivity index (χ2v) is 7.51. The number of carbonyl (C=O) groups excluding carboxylic acids is 1. The van der Waals surface area contributed by atoms with Crippen molar-refractivity contribution in [2.24, 2.45) is 5.73 Å². The number of amides is 1. The Morgan fingerprint density at radius 1 is 1.29 bits per heavy atom. The van der Waals surface area contributed by atoms with Gasteiger partial charge >= 0.3 is 0 Å². The monoisotopic (exact) mass is 313 g/mol. The second kappa shape index (κ2) is 7.02. The molecule has 118 valence electrons. The third-order valence-electron chi connectivity index (χ3n) is 2.48. The Morgan fingerprint density at radius 3 is 2.52 bits per heavy atom. The molecular weight excluding hydrogens is 290 g/mol. The van der Waals surface area contributed by atoms with E-state index >= 15 is 0 Å². The summed E-state index contributed by atoms with van der Waals surface area (Å²) in [6, 6.07) is 6.17. The van der Waals surface area contributed by atoms with Crippen molar-refractivity contribution in [3.8, 4) is 0 Å². The number of benzene rings is 1. The molecule has 0 aliphatic rings. The molecule has 0 spiro atoms. The maximum Gasteiger partial charge on any atom is 0.241 e. The van der Waals surface area contributed by atoms with Gasteiger partial charge in [-0.1, -0.05) is 6.07 Å². The Hall–Kier alpha value is -1.44. The van der Waals surface area contributed by atoms with Gasteiger partial charge in [0.15, 0.2) is 0 Å². The van der Waals surface area contributed by atoms with Crippen molar-refractivity contribution in [1.29, 1.82) is 0 Å². The molecule has 1 aromatic carbocycles. The molecule has 4 N–H and O–H groups in total. The first-order valence-electron chi connectivity index (χ1n) is 6.78. The minimum Gasteiger partial charge on any atom is -0.330 e. The van der Waals surface area contributed by atoms with E-state index in [1.165, 1.54) is 12.1 Å². The zero-order chi connectivity index (χ0) is 16.1. The summed E-state index contributed by atoms with van der Waals surface area (Å²) in [6.45, 7) is 5.74. The quantitative estimate of drug-likeness (QED) is 0.739. The van der Waals surface area contributed by atoms with E-state index in [0.717, 1.165) is 0 Å². The highest BCUT2D eigenvalue weighted by atomic mass is 32.2. The Kier molecular flexibility index (Phi) is 5.88. The average Bonchev–Trinajstić information content (AvgIpc) is 2.34. The van der Waals surface area contributed by atoms with Gasteiger partial charge in [-0.05, 0) is 51.9 Å². The number of hydrogen-bond acceptors (Lipinski definition) is 4. The van der Waals surface area contributed by atoms with Crippen LogP contribution in [0.5, 0.6) is 0 Å². The van der Waals surface area contributed by atoms with Gasteiger partial charge in [-0.15, -0.1) is 0 Å². The van der Waals surface area contributed by atoms with Crippen molar-refractivity contribution in [1.82, 2.24) is 4.72 Å². The predicted octanol–water partition coefficient (Wildman–Crippen LogP) is 1.44. The van der Waals surface area contributed by atoms with E-state index in [1.807, 2.05) is 0 Å². The fraction of sp³-hybridized carbons (Fsp3) is 0.500. The molecule has 0 aliphatic heterocycles. The summed E-state index contributed by atoms with van der Waals surface area (Å²) in [5.74, 6) is -0.182. The van der Waals surface area contributed by atoms with Crippen LogP contribution in [0.15, 0.2) is 29.2 Å². The first kappa shape index (κ1) is 17.6. The van der Waals surface area contributed by atoms with Gasteiger partial charge in [-0.2, -0.15) is 0 Å². The maximum atomic E-state index is 12.2. The molecule has 21 heavy (non-hydrogen) atoms. The average molecular weight is 313 g/mol. The van der Waals surface area contributed by atoms with Crippen LogP contribution in [0.4, 0.5) is 5.69 Å². The fourth-order valence-corrected chi connectivity index (χ4v) is 3.15. The van der Waals surface area contributed by atoms with Crippen LogP contribution in [0.3, 0.4) is 0 Å². The Labute approximate surface area is 126 Å². The molecule has 0 atom stereocenters. The number of nitrogens with one attached hydrogen (secondary N) is 2. The molecule has 0 fully saturated rings. The molecule has 0 saturated heterocycles. The third kappa shape index (κ3) is 6.24. The largest absolute Gasteiger partial charge is 0.330 e. The minimum atomic E-state index is -3.61. The topological polar surface area (TPSA) is 101 Å². The van der Waals surface area contributed by atoms with Crippen molar-refractivity contribution >= 4 is 21.6 Å². The fourth-order valence-electron chi connectivity index (χ4n) is 1.69. The van der Waals surface area contributed by atoms with Crippen molar-refractivity contribution in [3.05, 3.63) is 24.3 Å². The highest BCUT2D eigenvalue weighted by Crippen LogP contribution is 2.17. The highest BCUT2D eigenvalue weighted by molar-refractivity contribution is 7.89. The molecule has 0 aliphatic carbocycles. The molecule has 0 radical (unpaired) electrons. The van der Waals surface area contributed by atoms with Crippen LogP contribution < -0.4 is 15.8 Å². The van der Waals surface area contributed by atoms with Crippen LogP contribution in [0.25, 0.3) is 0 Å². The van der Waals surface area contributed by atoms with Crippen LogP contribution in [0, 0.1) is 0 Å². The van der Waals surface area contributed by atoms with Gasteiger partial charge < -0.3 is 11.1 Å². The highest BCUT2D eigenvalue weighted by Gasteiger charge is 2.22. The van der Waals surface area contributed by atoms with Crippen LogP contribution in [-0.2, 0) is 14.8 Å². The van der Waals surface area contributed by atoms with E-state index in [-0.39, 0.29) is 10.8 Å². The molecule has 0 unspecified atom stereocenters. The van der Waals surface area contributed by atoms with Crippen LogP contribution in [-0.4, -0.2) is 26.4 Å². The normalized spacial score (nSPS) is 12.2. The Morgan fingerprint density at radius 2 is 1.95 bits per heavy atom. The maximum absolute atomic E-state index is 12.2. The number of rotatable bonds is 6. The summed E-state index contributed by atoms with van der Waals surface area (Å²) in [7, 11) is -3.61. The van der Waals surface area contributed by atoms with Gasteiger partial charge in [0.2, 0.25) is 15.9 Å². The molecule has 0 bridgehead atoms. The molecule has 1 amide bonds. The first-order chi connectivity index (χ1) is 9.64. The lowest BCUT2D eigenvalue weighted by Gasteiger charge is -2.20. The Balaban J connectivity index is 2.88. The van der Waals surface area contributed by atoms with Gasteiger partial charge in [0.1, 0.15) is 0 Å². The number of sulfonamides is 1. The van der Waals surface area contributed by atoms with Crippen molar-refractivity contribution in [3.63, 3.8) is 0 Å². The van der Waals surface area contributed by atoms with E-state index in [0.29, 0.717) is 25.1 Å². The molecule has 1 rings (SSSR count). The predicted molar refractivity (Wildman–Crippen MR) is 83.4 cm³/mol. The summed E-state index contributed by atoms with van der Waals surface area (Å²) in [5, 5.41) is 2.67. The minimum absolute atomic E-state index is 0.119. The molecule has 6 nitrogen and oxygen atoms in total. The van der Waals surface area contributed by atoms with E-state index in [2.05, 4.69) is 10.0 Å². The summed E-state index contributed by atoms with van der Waals surface area (Å²) in [4.78, 5) is 11.7. The lowest BCUT2D eigenvalue weighted by molar-refractivity contribution is -0.116. The third-order valence-corrected chi connectivity index (χ3v) is 4.23. The second-order valence-electron chi connectivity index (χ2n) is 5.82. The van der Waals surface area contributed by atoms with Gasteiger partial charge in [0, 0.05) is 17.6 Å². The summed E-state index contributed by atoms with van der Waals surface area (Å²) in [6.07, 6.45) is 0.906. The van der Waals surface area contributed by atoms with E-state index in [9.17, 15) is 13.2 Å². The van der Waals surface area contributed by atoms with E-state index < -0.39 is 15.6 Å². The van der Waals surface area contributed by atoms with E-state index in [1.54, 1.807) is 32.9 Å². The summed E-state index contributed by atoms with van der Waals surface area (Å²) in [5.41, 5.74) is 5.22. The van der Waals surface area contributed by atoms with Crippen LogP contribution in [0.1, 0.15) is 33.6 Å². The summed E-state index contributed by atoms with van der Waals surface area (Å²) < 4.78 is 27.0. The molecule has 0 aromatic heterocycles. The molecule has 7 heteroatoms. The van der Waals surface area contributed by atoms with Crippen LogP contribution >= 0.6 is 0 Å². The number of hydrogen-bond donors (Lipinski definition) is 3. The number of anilines is 1. The molecular formula is C14H23N3O3S. The standard InChI is InChI=1S/C14H23N3O3S/c1-14(2,3)17-21(19,20)12-7-4-6-11(10-12)16-13(18)8-5-9-15/h4,6-7,10,17H,5,8-9,15H2,1-3H3,(H,16,18). The smallest absolute Gasteiger partial charge is 0.241 e. The van der Waals surface area contributed by atoms with Gasteiger partial charge in [0.05, 0.1) is 4.90 Å². The molecule has 0 heterocycles. The summed E-state index contributed by atoms with van der Waals surface area (Å²) >= 11 is 0. The lowest BCUT2D eigenvalue weighted by Crippen LogP contribution is -2.40.